The summed E-state index contributed by atoms with van der Waals surface area (Å²) < 4.78 is 32.9. The number of hydrogen-bond acceptors (Lipinski definition) is 4. The molecule has 1 N–H and O–H groups in total. The van der Waals surface area contributed by atoms with Gasteiger partial charge >= 0.3 is 0 Å². The van der Waals surface area contributed by atoms with Crippen molar-refractivity contribution in [3.8, 4) is 5.75 Å². The van der Waals surface area contributed by atoms with Crippen molar-refractivity contribution in [3.05, 3.63) is 58.1 Å². The van der Waals surface area contributed by atoms with E-state index in [2.05, 4.69) is 5.32 Å². The standard InChI is InChI=1S/C22H27ClN2O4S/c1-16-6-7-18(14-17(16)2)29-13-10-24-22(26)20-15-19(8-9-21(20)23)30(27,28)25-11-4-3-5-12-25/h6-9,14-15H,3-5,10-13H2,1-2H3,(H,24,26). The fraction of sp³-hybridized carbons (Fsp3) is 0.409. The fourth-order valence-corrected chi connectivity index (χ4v) is 5.07. The highest BCUT2D eigenvalue weighted by molar-refractivity contribution is 7.89. The van der Waals surface area contributed by atoms with Gasteiger partial charge in [0.15, 0.2) is 0 Å². The maximum absolute atomic E-state index is 12.9. The molecule has 0 unspecified atom stereocenters. The van der Waals surface area contributed by atoms with Gasteiger partial charge in [-0.05, 0) is 68.1 Å². The van der Waals surface area contributed by atoms with E-state index in [9.17, 15) is 13.2 Å². The molecule has 1 aliphatic rings. The minimum atomic E-state index is -3.63. The molecule has 162 valence electrons. The normalized spacial score (nSPS) is 15.0. The van der Waals surface area contributed by atoms with Crippen LogP contribution in [0.25, 0.3) is 0 Å². The maximum Gasteiger partial charge on any atom is 0.252 e. The van der Waals surface area contributed by atoms with Crippen LogP contribution in [0.3, 0.4) is 0 Å². The number of rotatable bonds is 7. The molecular formula is C22H27ClN2O4S. The predicted molar refractivity (Wildman–Crippen MR) is 118 cm³/mol. The molecule has 1 heterocycles. The van der Waals surface area contributed by atoms with E-state index in [-0.39, 0.29) is 28.6 Å². The minimum absolute atomic E-state index is 0.0883. The topological polar surface area (TPSA) is 75.7 Å². The molecule has 0 atom stereocenters. The lowest BCUT2D eigenvalue weighted by Gasteiger charge is -2.26. The van der Waals surface area contributed by atoms with E-state index in [1.54, 1.807) is 0 Å². The average molecular weight is 451 g/mol. The number of sulfonamides is 1. The first-order chi connectivity index (χ1) is 14.3. The predicted octanol–water partition coefficient (Wildman–Crippen LogP) is 3.94. The molecule has 0 spiro atoms. The van der Waals surface area contributed by atoms with Crippen molar-refractivity contribution in [2.45, 2.75) is 38.0 Å². The number of carbonyl (C=O) groups excluding carboxylic acids is 1. The van der Waals surface area contributed by atoms with Crippen molar-refractivity contribution in [2.75, 3.05) is 26.2 Å². The zero-order chi connectivity index (χ0) is 21.7. The van der Waals surface area contributed by atoms with Gasteiger partial charge in [-0.2, -0.15) is 4.31 Å². The number of halogens is 1. The van der Waals surface area contributed by atoms with Gasteiger partial charge in [0.1, 0.15) is 12.4 Å². The number of nitrogens with one attached hydrogen (secondary N) is 1. The number of aryl methyl sites for hydroxylation is 2. The quantitative estimate of drug-likeness (QED) is 0.648. The zero-order valence-electron chi connectivity index (χ0n) is 17.3. The molecule has 0 aromatic heterocycles. The molecule has 1 fully saturated rings. The Hall–Kier alpha value is -2.09. The molecule has 3 rings (SSSR count). The van der Waals surface area contributed by atoms with E-state index in [0.717, 1.165) is 30.6 Å². The molecule has 6 nitrogen and oxygen atoms in total. The minimum Gasteiger partial charge on any atom is -0.492 e. The van der Waals surface area contributed by atoms with E-state index >= 15 is 0 Å². The Labute approximate surface area is 183 Å². The monoisotopic (exact) mass is 450 g/mol. The first-order valence-corrected chi connectivity index (χ1v) is 11.9. The van der Waals surface area contributed by atoms with Gasteiger partial charge in [0.05, 0.1) is 22.0 Å². The summed E-state index contributed by atoms with van der Waals surface area (Å²) in [5.74, 6) is 0.305. The molecule has 2 aromatic carbocycles. The SMILES string of the molecule is Cc1ccc(OCCNC(=O)c2cc(S(=O)(=O)N3CCCCC3)ccc2Cl)cc1C. The molecule has 0 bridgehead atoms. The summed E-state index contributed by atoms with van der Waals surface area (Å²) in [4.78, 5) is 12.7. The molecule has 30 heavy (non-hydrogen) atoms. The molecule has 1 amide bonds. The van der Waals surface area contributed by atoms with Crippen molar-refractivity contribution < 1.29 is 17.9 Å². The smallest absolute Gasteiger partial charge is 0.252 e. The summed E-state index contributed by atoms with van der Waals surface area (Å²) in [5, 5.41) is 2.95. The van der Waals surface area contributed by atoms with Crippen LogP contribution in [0.15, 0.2) is 41.3 Å². The molecule has 0 aliphatic carbocycles. The van der Waals surface area contributed by atoms with Crippen LogP contribution in [0.5, 0.6) is 5.75 Å². The van der Waals surface area contributed by atoms with Gasteiger partial charge in [0.2, 0.25) is 10.0 Å². The number of hydrogen-bond donors (Lipinski definition) is 1. The molecule has 2 aromatic rings. The summed E-state index contributed by atoms with van der Waals surface area (Å²) in [6.45, 7) is 5.60. The Morgan fingerprint density at radius 2 is 1.80 bits per heavy atom. The van der Waals surface area contributed by atoms with Crippen LogP contribution in [0, 0.1) is 13.8 Å². The molecule has 0 radical (unpaired) electrons. The first-order valence-electron chi connectivity index (χ1n) is 10.1. The van der Waals surface area contributed by atoms with Crippen LogP contribution < -0.4 is 10.1 Å². The van der Waals surface area contributed by atoms with Gasteiger partial charge in [0.25, 0.3) is 5.91 Å². The molecule has 8 heteroatoms. The van der Waals surface area contributed by atoms with Gasteiger partial charge in [-0.3, -0.25) is 4.79 Å². The van der Waals surface area contributed by atoms with Crippen LogP contribution in [0.1, 0.15) is 40.7 Å². The number of amides is 1. The highest BCUT2D eigenvalue weighted by Crippen LogP contribution is 2.25. The molecular weight excluding hydrogens is 424 g/mol. The second kappa shape index (κ2) is 9.81. The van der Waals surface area contributed by atoms with Crippen molar-refractivity contribution in [1.82, 2.24) is 9.62 Å². The average Bonchev–Trinajstić information content (AvgIpc) is 2.74. The number of benzene rings is 2. The third-order valence-corrected chi connectivity index (χ3v) is 7.49. The third-order valence-electron chi connectivity index (χ3n) is 5.27. The van der Waals surface area contributed by atoms with E-state index < -0.39 is 15.9 Å². The number of piperidine rings is 1. The van der Waals surface area contributed by atoms with Gasteiger partial charge in [-0.15, -0.1) is 0 Å². The largest absolute Gasteiger partial charge is 0.492 e. The summed E-state index contributed by atoms with van der Waals surface area (Å²) in [5.41, 5.74) is 2.46. The van der Waals surface area contributed by atoms with Crippen LogP contribution in [0.2, 0.25) is 5.02 Å². The van der Waals surface area contributed by atoms with Crippen molar-refractivity contribution in [2.24, 2.45) is 0 Å². The lowest BCUT2D eigenvalue weighted by atomic mass is 10.1. The van der Waals surface area contributed by atoms with Crippen molar-refractivity contribution in [3.63, 3.8) is 0 Å². The van der Waals surface area contributed by atoms with Crippen LogP contribution in [0.4, 0.5) is 0 Å². The third kappa shape index (κ3) is 5.33. The molecule has 0 saturated carbocycles. The van der Waals surface area contributed by atoms with Crippen LogP contribution >= 0.6 is 11.6 Å². The first kappa shape index (κ1) is 22.6. The fourth-order valence-electron chi connectivity index (χ4n) is 3.33. The number of ether oxygens (including phenoxy) is 1. The Morgan fingerprint density at radius 1 is 1.07 bits per heavy atom. The van der Waals surface area contributed by atoms with Gasteiger partial charge < -0.3 is 10.1 Å². The lowest BCUT2D eigenvalue weighted by molar-refractivity contribution is 0.0947. The second-order valence-corrected chi connectivity index (χ2v) is 9.80. The summed E-state index contributed by atoms with van der Waals surface area (Å²) in [7, 11) is -3.63. The van der Waals surface area contributed by atoms with E-state index in [1.807, 2.05) is 32.0 Å². The summed E-state index contributed by atoms with van der Waals surface area (Å²) >= 11 is 6.17. The Bertz CT molecular complexity index is 1020. The van der Waals surface area contributed by atoms with Crippen LogP contribution in [-0.4, -0.2) is 44.9 Å². The van der Waals surface area contributed by atoms with Crippen molar-refractivity contribution in [1.29, 1.82) is 0 Å². The van der Waals surface area contributed by atoms with Crippen LogP contribution in [-0.2, 0) is 10.0 Å². The van der Waals surface area contributed by atoms with Crippen molar-refractivity contribution >= 4 is 27.5 Å². The Morgan fingerprint density at radius 3 is 2.50 bits per heavy atom. The summed E-state index contributed by atoms with van der Waals surface area (Å²) in [6.07, 6.45) is 2.73. The second-order valence-electron chi connectivity index (χ2n) is 7.46. The molecule has 1 saturated heterocycles. The van der Waals surface area contributed by atoms with Gasteiger partial charge in [0, 0.05) is 13.1 Å². The highest BCUT2D eigenvalue weighted by atomic mass is 35.5. The van der Waals surface area contributed by atoms with Gasteiger partial charge in [-0.25, -0.2) is 8.42 Å². The maximum atomic E-state index is 12.9. The van der Waals surface area contributed by atoms with E-state index in [1.165, 1.54) is 28.1 Å². The number of carbonyl (C=O) groups is 1. The lowest BCUT2D eigenvalue weighted by Crippen LogP contribution is -2.35. The Balaban J connectivity index is 1.62. The molecule has 1 aliphatic heterocycles. The highest BCUT2D eigenvalue weighted by Gasteiger charge is 2.27. The van der Waals surface area contributed by atoms with Gasteiger partial charge in [-0.1, -0.05) is 24.1 Å². The van der Waals surface area contributed by atoms with E-state index in [4.69, 9.17) is 16.3 Å². The Kier molecular flexibility index (Phi) is 7.39. The number of nitrogens with zero attached hydrogens (tertiary/aromatic N) is 1. The zero-order valence-corrected chi connectivity index (χ0v) is 18.9. The summed E-state index contributed by atoms with van der Waals surface area (Å²) in [6, 6.07) is 10.1. The van der Waals surface area contributed by atoms with E-state index in [0.29, 0.717) is 13.1 Å².